The Kier molecular flexibility index (Phi) is 5.63. The Morgan fingerprint density at radius 3 is 1.95 bits per heavy atom. The summed E-state index contributed by atoms with van der Waals surface area (Å²) in [7, 11) is 0. The number of benzene rings is 2. The van der Waals surface area contributed by atoms with E-state index in [1.807, 2.05) is 48.5 Å². The van der Waals surface area contributed by atoms with Gasteiger partial charge in [0.25, 0.3) is 0 Å². The number of alkyl halides is 2. The van der Waals surface area contributed by atoms with E-state index < -0.39 is 0 Å². The Morgan fingerprint density at radius 2 is 1.40 bits per heavy atom. The molecule has 0 atom stereocenters. The molecule has 0 unspecified atom stereocenters. The van der Waals surface area contributed by atoms with Crippen molar-refractivity contribution in [1.29, 1.82) is 0 Å². The Hall–Kier alpha value is -0.400. The summed E-state index contributed by atoms with van der Waals surface area (Å²) in [6.07, 6.45) is 0.723. The van der Waals surface area contributed by atoms with Crippen LogP contribution in [0.2, 0.25) is 10.0 Å². The van der Waals surface area contributed by atoms with E-state index in [2.05, 4.69) is 0 Å². The topological polar surface area (TPSA) is 0 Å². The minimum atomic E-state index is -0.349. The minimum Gasteiger partial charge on any atom is -0.126 e. The average molecular weight is 348 g/mol. The largest absolute Gasteiger partial charge is 0.126 e. The predicted molar refractivity (Wildman–Crippen MR) is 89.7 cm³/mol. The van der Waals surface area contributed by atoms with Crippen LogP contribution in [-0.4, -0.2) is 11.8 Å². The van der Waals surface area contributed by atoms with E-state index in [1.165, 1.54) is 0 Å². The monoisotopic (exact) mass is 346 g/mol. The van der Waals surface area contributed by atoms with Crippen LogP contribution in [-0.2, 0) is 11.8 Å². The molecular weight excluding hydrogens is 334 g/mol. The van der Waals surface area contributed by atoms with Crippen LogP contribution in [0.5, 0.6) is 0 Å². The molecule has 20 heavy (non-hydrogen) atoms. The van der Waals surface area contributed by atoms with Gasteiger partial charge >= 0.3 is 0 Å². The molecule has 4 heteroatoms. The molecule has 0 saturated heterocycles. The third-order valence-electron chi connectivity index (χ3n) is 3.38. The molecule has 0 aliphatic carbocycles. The van der Waals surface area contributed by atoms with Crippen molar-refractivity contribution in [3.05, 3.63) is 69.7 Å². The van der Waals surface area contributed by atoms with Crippen LogP contribution >= 0.6 is 46.4 Å². The molecule has 106 valence electrons. The van der Waals surface area contributed by atoms with Crippen molar-refractivity contribution in [3.63, 3.8) is 0 Å². The molecule has 2 aromatic carbocycles. The molecule has 0 aromatic heterocycles. The van der Waals surface area contributed by atoms with E-state index >= 15 is 0 Å². The first-order valence-electron chi connectivity index (χ1n) is 6.22. The van der Waals surface area contributed by atoms with Crippen molar-refractivity contribution >= 4 is 46.4 Å². The number of halogens is 4. The summed E-state index contributed by atoms with van der Waals surface area (Å²) in [4.78, 5) is 0. The van der Waals surface area contributed by atoms with Gasteiger partial charge in [0.1, 0.15) is 0 Å². The summed E-state index contributed by atoms with van der Waals surface area (Å²) in [5, 5.41) is 1.40. The van der Waals surface area contributed by atoms with Crippen molar-refractivity contribution < 1.29 is 0 Å². The van der Waals surface area contributed by atoms with E-state index in [-0.39, 0.29) is 5.41 Å². The van der Waals surface area contributed by atoms with Crippen LogP contribution in [0.3, 0.4) is 0 Å². The molecule has 0 N–H and O–H groups in total. The standard InChI is InChI=1S/C16H14Cl4/c17-10-16(11-18,13-4-2-6-15(20)8-13)9-12-3-1-5-14(19)7-12/h1-8H,9-11H2. The van der Waals surface area contributed by atoms with Crippen molar-refractivity contribution in [2.24, 2.45) is 0 Å². The van der Waals surface area contributed by atoms with E-state index in [0.29, 0.717) is 21.8 Å². The Bertz CT molecular complexity index is 576. The lowest BCUT2D eigenvalue weighted by Gasteiger charge is -2.30. The lowest BCUT2D eigenvalue weighted by molar-refractivity contribution is 0.536. The van der Waals surface area contributed by atoms with Gasteiger partial charge in [-0.05, 0) is 41.8 Å². The molecule has 0 heterocycles. The van der Waals surface area contributed by atoms with Crippen LogP contribution in [0.15, 0.2) is 48.5 Å². The molecule has 0 fully saturated rings. The highest BCUT2D eigenvalue weighted by molar-refractivity contribution is 6.31. The van der Waals surface area contributed by atoms with Gasteiger partial charge in [-0.15, -0.1) is 23.2 Å². The highest BCUT2D eigenvalue weighted by atomic mass is 35.5. The summed E-state index contributed by atoms with van der Waals surface area (Å²) in [5.74, 6) is 0.840. The summed E-state index contributed by atoms with van der Waals surface area (Å²) in [5.41, 5.74) is 1.81. The van der Waals surface area contributed by atoms with Crippen LogP contribution in [0.25, 0.3) is 0 Å². The highest BCUT2D eigenvalue weighted by Crippen LogP contribution is 2.33. The van der Waals surface area contributed by atoms with Gasteiger partial charge in [-0.2, -0.15) is 0 Å². The fourth-order valence-corrected chi connectivity index (χ4v) is 3.43. The summed E-state index contributed by atoms with van der Waals surface area (Å²) >= 11 is 24.6. The molecule has 0 nitrogen and oxygen atoms in total. The SMILES string of the molecule is ClCC(CCl)(Cc1cccc(Cl)c1)c1cccc(Cl)c1. The van der Waals surface area contributed by atoms with Gasteiger partial charge in [0.15, 0.2) is 0 Å². The van der Waals surface area contributed by atoms with Gasteiger partial charge < -0.3 is 0 Å². The first-order valence-corrected chi connectivity index (χ1v) is 8.04. The molecule has 0 aliphatic heterocycles. The molecule has 0 spiro atoms. The van der Waals surface area contributed by atoms with Crippen LogP contribution in [0.1, 0.15) is 11.1 Å². The molecule has 2 aromatic rings. The lowest BCUT2D eigenvalue weighted by atomic mass is 9.79. The normalized spacial score (nSPS) is 11.6. The predicted octanol–water partition coefficient (Wildman–Crippen LogP) is 5.95. The fraction of sp³-hybridized carbons (Fsp3) is 0.250. The summed E-state index contributed by atoms with van der Waals surface area (Å²) < 4.78 is 0. The van der Waals surface area contributed by atoms with Crippen LogP contribution < -0.4 is 0 Å². The molecule has 0 aliphatic rings. The minimum absolute atomic E-state index is 0.349. The van der Waals surface area contributed by atoms with E-state index in [9.17, 15) is 0 Å². The van der Waals surface area contributed by atoms with E-state index in [4.69, 9.17) is 46.4 Å². The molecule has 2 rings (SSSR count). The highest BCUT2D eigenvalue weighted by Gasteiger charge is 2.31. The maximum absolute atomic E-state index is 6.24. The second-order valence-corrected chi connectivity index (χ2v) is 6.27. The van der Waals surface area contributed by atoms with Gasteiger partial charge in [-0.25, -0.2) is 0 Å². The first kappa shape index (κ1) is 16.0. The van der Waals surface area contributed by atoms with Gasteiger partial charge in [0, 0.05) is 27.2 Å². The fourth-order valence-electron chi connectivity index (χ4n) is 2.24. The third kappa shape index (κ3) is 3.62. The first-order chi connectivity index (χ1) is 9.59. The van der Waals surface area contributed by atoms with Crippen LogP contribution in [0, 0.1) is 0 Å². The molecule has 0 bridgehead atoms. The Labute approximate surface area is 139 Å². The number of hydrogen-bond donors (Lipinski definition) is 0. The zero-order valence-electron chi connectivity index (χ0n) is 10.8. The smallest absolute Gasteiger partial charge is 0.0408 e. The Balaban J connectivity index is 2.39. The molecule has 0 radical (unpaired) electrons. The molecular formula is C16H14Cl4. The van der Waals surface area contributed by atoms with E-state index in [1.54, 1.807) is 0 Å². The van der Waals surface area contributed by atoms with Crippen molar-refractivity contribution in [3.8, 4) is 0 Å². The zero-order chi connectivity index (χ0) is 14.6. The van der Waals surface area contributed by atoms with Crippen molar-refractivity contribution in [2.75, 3.05) is 11.8 Å². The van der Waals surface area contributed by atoms with Crippen molar-refractivity contribution in [2.45, 2.75) is 11.8 Å². The molecule has 0 saturated carbocycles. The lowest BCUT2D eigenvalue weighted by Crippen LogP contribution is -2.33. The Morgan fingerprint density at radius 1 is 0.800 bits per heavy atom. The summed E-state index contributed by atoms with van der Waals surface area (Å²) in [6.45, 7) is 0. The van der Waals surface area contributed by atoms with Crippen molar-refractivity contribution in [1.82, 2.24) is 0 Å². The number of hydrogen-bond acceptors (Lipinski definition) is 0. The van der Waals surface area contributed by atoms with E-state index in [0.717, 1.165) is 17.5 Å². The van der Waals surface area contributed by atoms with Gasteiger partial charge in [0.2, 0.25) is 0 Å². The van der Waals surface area contributed by atoms with Gasteiger partial charge in [0.05, 0.1) is 0 Å². The zero-order valence-corrected chi connectivity index (χ0v) is 13.8. The second-order valence-electron chi connectivity index (χ2n) is 4.86. The maximum atomic E-state index is 6.24. The maximum Gasteiger partial charge on any atom is 0.0408 e. The second kappa shape index (κ2) is 7.04. The van der Waals surface area contributed by atoms with Gasteiger partial charge in [-0.3, -0.25) is 0 Å². The van der Waals surface area contributed by atoms with Gasteiger partial charge in [-0.1, -0.05) is 47.5 Å². The third-order valence-corrected chi connectivity index (χ3v) is 4.87. The number of rotatable bonds is 5. The average Bonchev–Trinajstić information content (AvgIpc) is 2.45. The molecule has 0 amide bonds. The quantitative estimate of drug-likeness (QED) is 0.586. The summed E-state index contributed by atoms with van der Waals surface area (Å²) in [6, 6.07) is 15.5. The van der Waals surface area contributed by atoms with Crippen LogP contribution in [0.4, 0.5) is 0 Å².